The van der Waals surface area contributed by atoms with Crippen LogP contribution < -0.4 is 0 Å². The van der Waals surface area contributed by atoms with Crippen molar-refractivity contribution in [2.24, 2.45) is 0 Å². The van der Waals surface area contributed by atoms with E-state index in [4.69, 9.17) is 0 Å². The number of H-pyrrole nitrogens is 1. The number of rotatable bonds is 0. The molecule has 67 valence electrons. The summed E-state index contributed by atoms with van der Waals surface area (Å²) in [5, 5.41) is 2.52. The van der Waals surface area contributed by atoms with E-state index >= 15 is 0 Å². The minimum absolute atomic E-state index is 0. The number of hydrogen-bond donors (Lipinski definition) is 1. The molecule has 0 aliphatic rings. The first-order valence-electron chi connectivity index (χ1n) is 4.32. The Morgan fingerprint density at radius 1 is 0.929 bits per heavy atom. The van der Waals surface area contributed by atoms with Crippen LogP contribution in [0.2, 0.25) is 0 Å². The molecule has 2 aromatic carbocycles. The van der Waals surface area contributed by atoms with Crippen molar-refractivity contribution in [3.8, 4) is 0 Å². The van der Waals surface area contributed by atoms with Gasteiger partial charge in [0.25, 0.3) is 0 Å². The molecule has 1 heterocycles. The fourth-order valence-corrected chi connectivity index (χ4v) is 1.73. The number of aromatic amines is 1. The molecule has 0 saturated carbocycles. The van der Waals surface area contributed by atoms with Crippen LogP contribution in [-0.2, 0) is 0 Å². The third-order valence-corrected chi connectivity index (χ3v) is 2.33. The predicted molar refractivity (Wildman–Crippen MR) is 64.6 cm³/mol. The summed E-state index contributed by atoms with van der Waals surface area (Å²) in [6.07, 6.45) is 0. The minimum Gasteiger partial charge on any atom is -0.354 e. The molecule has 14 heavy (non-hydrogen) atoms. The zero-order chi connectivity index (χ0) is 8.67. The molecule has 3 aromatic rings. The molecule has 0 aliphatic heterocycles. The molecule has 0 fully saturated rings. The molecule has 2 heteroatoms. The maximum absolute atomic E-state index is 3.32. The number of fused-ring (bicyclic) bond motifs is 3. The van der Waals surface area contributed by atoms with Gasteiger partial charge in [-0.05, 0) is 6.07 Å². The van der Waals surface area contributed by atoms with Gasteiger partial charge in [0.2, 0.25) is 0 Å². The van der Waals surface area contributed by atoms with Gasteiger partial charge in [0.15, 0.2) is 0 Å². The number of nitrogens with one attached hydrogen (secondary N) is 1. The van der Waals surface area contributed by atoms with Gasteiger partial charge < -0.3 is 4.98 Å². The third-order valence-electron chi connectivity index (χ3n) is 2.33. The van der Waals surface area contributed by atoms with Crippen molar-refractivity contribution in [3.63, 3.8) is 0 Å². The van der Waals surface area contributed by atoms with E-state index in [1.54, 1.807) is 0 Å². The van der Waals surface area contributed by atoms with Crippen molar-refractivity contribution in [2.45, 2.75) is 0 Å². The quantitative estimate of drug-likeness (QED) is 0.577. The Balaban J connectivity index is 0.000000750. The number of benzene rings is 2. The molecule has 0 saturated heterocycles. The zero-order valence-electron chi connectivity index (χ0n) is 7.04. The van der Waals surface area contributed by atoms with Gasteiger partial charge in [0, 0.05) is 22.4 Å². The van der Waals surface area contributed by atoms with Crippen LogP contribution in [0.5, 0.6) is 0 Å². The average molecular weight is 239 g/mol. The molecule has 0 spiro atoms. The van der Waals surface area contributed by atoms with E-state index in [1.165, 1.54) is 16.3 Å². The van der Waals surface area contributed by atoms with E-state index < -0.39 is 0 Å². The normalized spacial score (nSPS) is 10.3. The Bertz CT molecular complexity index is 518. The Morgan fingerprint density at radius 3 is 2.64 bits per heavy atom. The first-order chi connectivity index (χ1) is 6.45. The molecular formula is C12H11GaN. The summed E-state index contributed by atoms with van der Waals surface area (Å²) in [6, 6.07) is 17.6. The largest absolute Gasteiger partial charge is 0.354 e. The second-order valence-corrected chi connectivity index (χ2v) is 3.13. The number of aromatic nitrogens is 1. The van der Waals surface area contributed by atoms with Crippen LogP contribution >= 0.6 is 0 Å². The second kappa shape index (κ2) is 3.56. The van der Waals surface area contributed by atoms with Gasteiger partial charge in [-0.15, -0.1) is 0 Å². The van der Waals surface area contributed by atoms with E-state index in [0.29, 0.717) is 0 Å². The van der Waals surface area contributed by atoms with Crippen LogP contribution in [0.4, 0.5) is 0 Å². The van der Waals surface area contributed by atoms with Crippen LogP contribution in [0.3, 0.4) is 0 Å². The fourth-order valence-electron chi connectivity index (χ4n) is 1.73. The molecule has 1 nitrogen and oxygen atoms in total. The second-order valence-electron chi connectivity index (χ2n) is 3.13. The monoisotopic (exact) mass is 238 g/mol. The molecular weight excluding hydrogens is 228 g/mol. The molecule has 1 radical (unpaired) electrons. The molecule has 0 bridgehead atoms. The van der Waals surface area contributed by atoms with Gasteiger partial charge in [-0.25, -0.2) is 0 Å². The Labute approximate surface area is 95.2 Å². The smallest absolute Gasteiger partial charge is 0.0545 e. The van der Waals surface area contributed by atoms with Gasteiger partial charge in [0.05, 0.1) is 5.52 Å². The Morgan fingerprint density at radius 2 is 1.71 bits per heavy atom. The molecule has 0 amide bonds. The van der Waals surface area contributed by atoms with Crippen LogP contribution in [0.15, 0.2) is 42.5 Å². The Hall–Kier alpha value is -1.12. The molecule has 0 unspecified atom stereocenters. The van der Waals surface area contributed by atoms with Crippen molar-refractivity contribution < 1.29 is 0 Å². The first-order valence-corrected chi connectivity index (χ1v) is 4.32. The SMILES string of the molecule is [GaH3].[c]1cccc2c1[nH]c1ccccc12. The summed E-state index contributed by atoms with van der Waals surface area (Å²) < 4.78 is 0. The van der Waals surface area contributed by atoms with Crippen LogP contribution in [-0.4, -0.2) is 24.8 Å². The summed E-state index contributed by atoms with van der Waals surface area (Å²) >= 11 is 0. The predicted octanol–water partition coefficient (Wildman–Crippen LogP) is 1.94. The third kappa shape index (κ3) is 1.27. The van der Waals surface area contributed by atoms with Crippen LogP contribution in [0.25, 0.3) is 21.8 Å². The minimum atomic E-state index is 0. The van der Waals surface area contributed by atoms with Gasteiger partial charge in [-0.1, -0.05) is 36.4 Å². The van der Waals surface area contributed by atoms with E-state index in [0.717, 1.165) is 5.52 Å². The zero-order valence-corrected chi connectivity index (χ0v) is 7.04. The van der Waals surface area contributed by atoms with Gasteiger partial charge in [-0.2, -0.15) is 0 Å². The van der Waals surface area contributed by atoms with Gasteiger partial charge in [0.1, 0.15) is 0 Å². The van der Waals surface area contributed by atoms with Crippen molar-refractivity contribution in [1.82, 2.24) is 4.98 Å². The molecule has 1 aromatic heterocycles. The summed E-state index contributed by atoms with van der Waals surface area (Å²) in [7, 11) is 0. The average Bonchev–Trinajstić information content (AvgIpc) is 2.56. The van der Waals surface area contributed by atoms with Gasteiger partial charge >= 0.3 is 19.8 Å². The van der Waals surface area contributed by atoms with E-state index in [2.05, 4.69) is 35.3 Å². The fraction of sp³-hybridized carbons (Fsp3) is 0. The number of hydrogen-bond acceptors (Lipinski definition) is 0. The van der Waals surface area contributed by atoms with E-state index in [1.807, 2.05) is 18.2 Å². The standard InChI is InChI=1S/C12H8N.Ga.3H/c1-3-7-11-9(5-1)10-6-2-4-8-12(10)13-11;;;;/h1-7,13H;;;;. The van der Waals surface area contributed by atoms with Crippen molar-refractivity contribution in [3.05, 3.63) is 48.5 Å². The summed E-state index contributed by atoms with van der Waals surface area (Å²) in [6.45, 7) is 0. The summed E-state index contributed by atoms with van der Waals surface area (Å²) in [4.78, 5) is 3.32. The first kappa shape index (κ1) is 9.43. The van der Waals surface area contributed by atoms with Crippen molar-refractivity contribution in [2.75, 3.05) is 0 Å². The Kier molecular flexibility index (Phi) is 2.40. The molecule has 0 atom stereocenters. The summed E-state index contributed by atoms with van der Waals surface area (Å²) in [5.41, 5.74) is 2.27. The van der Waals surface area contributed by atoms with Crippen molar-refractivity contribution >= 4 is 41.6 Å². The molecule has 1 N–H and O–H groups in total. The van der Waals surface area contributed by atoms with Crippen molar-refractivity contribution in [1.29, 1.82) is 0 Å². The van der Waals surface area contributed by atoms with E-state index in [9.17, 15) is 0 Å². The maximum atomic E-state index is 3.32. The number of para-hydroxylation sites is 2. The topological polar surface area (TPSA) is 15.8 Å². The van der Waals surface area contributed by atoms with E-state index in [-0.39, 0.29) is 19.8 Å². The maximum Gasteiger partial charge on any atom is 0.0545 e. The van der Waals surface area contributed by atoms with Gasteiger partial charge in [-0.3, -0.25) is 0 Å². The van der Waals surface area contributed by atoms with Crippen LogP contribution in [0, 0.1) is 6.07 Å². The summed E-state index contributed by atoms with van der Waals surface area (Å²) in [5.74, 6) is 0. The molecule has 3 rings (SSSR count). The molecule has 0 aliphatic carbocycles. The van der Waals surface area contributed by atoms with Crippen LogP contribution in [0.1, 0.15) is 0 Å².